The monoisotopic (exact) mass is 342 g/mol. The van der Waals surface area contributed by atoms with Crippen LogP contribution >= 0.6 is 0 Å². The normalized spacial score (nSPS) is 9.60. The Bertz CT molecular complexity index is 708. The van der Waals surface area contributed by atoms with Crippen molar-refractivity contribution in [2.45, 2.75) is 26.7 Å². The van der Waals surface area contributed by atoms with Gasteiger partial charge in [-0.2, -0.15) is 6.42 Å². The number of hydrogen-bond acceptors (Lipinski definition) is 6. The van der Waals surface area contributed by atoms with Crippen molar-refractivity contribution in [1.82, 2.24) is 0 Å². The van der Waals surface area contributed by atoms with Crippen molar-refractivity contribution in [2.75, 3.05) is 20.5 Å². The van der Waals surface area contributed by atoms with Gasteiger partial charge in [-0.05, 0) is 24.4 Å². The Kier molecular flexibility index (Phi) is 11.7. The molecule has 25 heavy (non-hydrogen) atoms. The molecule has 0 N–H and O–H groups in total. The molecule has 0 spiro atoms. The van der Waals surface area contributed by atoms with Crippen molar-refractivity contribution in [3.05, 3.63) is 47.4 Å². The molecule has 1 aromatic carbocycles. The summed E-state index contributed by atoms with van der Waals surface area (Å²) in [7, 11) is 1.48. The van der Waals surface area contributed by atoms with E-state index in [1.165, 1.54) is 19.6 Å². The van der Waals surface area contributed by atoms with Crippen molar-refractivity contribution < 1.29 is 42.3 Å². The summed E-state index contributed by atoms with van der Waals surface area (Å²) >= 11 is 0. The molecule has 6 nitrogen and oxygen atoms in total. The maximum atomic E-state index is 12.0. The molecule has 132 valence electrons. The predicted octanol–water partition coefficient (Wildman–Crippen LogP) is 0.577. The van der Waals surface area contributed by atoms with Crippen LogP contribution in [0.25, 0.3) is 10.8 Å². The third-order valence-corrected chi connectivity index (χ3v) is 2.91. The summed E-state index contributed by atoms with van der Waals surface area (Å²) < 4.78 is 19.9. The van der Waals surface area contributed by atoms with E-state index in [-0.39, 0.29) is 43.4 Å². The van der Waals surface area contributed by atoms with Crippen molar-refractivity contribution in [1.29, 1.82) is 0 Å². The minimum Gasteiger partial charge on any atom is -0.467 e. The maximum absolute atomic E-state index is 12.0. The van der Waals surface area contributed by atoms with E-state index >= 15 is 0 Å². The average molecular weight is 342 g/mol. The molecule has 0 bridgehead atoms. The zero-order chi connectivity index (χ0) is 17.9. The SMILES string of the molecule is CCOC(=O)c1cc2cccc(OCOC)c2c(=O)o1.[CH2-]CCC.[Li+]. The molecule has 2 aromatic rings. The minimum absolute atomic E-state index is 0. The molecule has 0 aliphatic rings. The average Bonchev–Trinajstić information content (AvgIpc) is 2.60. The summed E-state index contributed by atoms with van der Waals surface area (Å²) in [5, 5.41) is 0.801. The fourth-order valence-corrected chi connectivity index (χ4v) is 1.75. The van der Waals surface area contributed by atoms with Gasteiger partial charge in [-0.3, -0.25) is 0 Å². The van der Waals surface area contributed by atoms with Crippen molar-refractivity contribution in [2.24, 2.45) is 0 Å². The summed E-state index contributed by atoms with van der Waals surface area (Å²) in [5.41, 5.74) is -0.655. The van der Waals surface area contributed by atoms with Crippen molar-refractivity contribution >= 4 is 16.7 Å². The Hall–Kier alpha value is -1.74. The summed E-state index contributed by atoms with van der Waals surface area (Å²) in [6, 6.07) is 6.48. The molecule has 0 aliphatic carbocycles. The second-order valence-electron chi connectivity index (χ2n) is 4.74. The molecule has 0 fully saturated rings. The van der Waals surface area contributed by atoms with E-state index in [9.17, 15) is 9.59 Å². The van der Waals surface area contributed by atoms with Gasteiger partial charge in [0.15, 0.2) is 6.79 Å². The van der Waals surface area contributed by atoms with Crippen LogP contribution in [0.5, 0.6) is 5.75 Å². The van der Waals surface area contributed by atoms with Gasteiger partial charge in [-0.1, -0.05) is 25.5 Å². The Morgan fingerprint density at radius 2 is 1.96 bits per heavy atom. The first kappa shape index (κ1) is 23.3. The quantitative estimate of drug-likeness (QED) is 0.331. The molecule has 0 radical (unpaired) electrons. The third-order valence-electron chi connectivity index (χ3n) is 2.91. The zero-order valence-electron chi connectivity index (χ0n) is 15.3. The first-order valence-corrected chi connectivity index (χ1v) is 7.73. The van der Waals surface area contributed by atoms with Gasteiger partial charge >= 0.3 is 30.5 Å². The molecule has 0 atom stereocenters. The fraction of sp³-hybridized carbons (Fsp3) is 0.389. The van der Waals surface area contributed by atoms with E-state index in [1.54, 1.807) is 25.1 Å². The van der Waals surface area contributed by atoms with Crippen LogP contribution in [0.3, 0.4) is 0 Å². The van der Waals surface area contributed by atoms with Gasteiger partial charge in [0.25, 0.3) is 0 Å². The van der Waals surface area contributed by atoms with Crippen LogP contribution in [0.2, 0.25) is 0 Å². The number of benzene rings is 1. The number of hydrogen-bond donors (Lipinski definition) is 0. The topological polar surface area (TPSA) is 75.0 Å². The first-order chi connectivity index (χ1) is 11.6. The van der Waals surface area contributed by atoms with Crippen LogP contribution in [0, 0.1) is 6.92 Å². The van der Waals surface area contributed by atoms with Gasteiger partial charge in [0.1, 0.15) is 11.1 Å². The van der Waals surface area contributed by atoms with E-state index < -0.39 is 11.6 Å². The molecule has 0 aliphatic heterocycles. The van der Waals surface area contributed by atoms with Crippen LogP contribution < -0.4 is 29.2 Å². The van der Waals surface area contributed by atoms with E-state index in [0.717, 1.165) is 6.42 Å². The number of methoxy groups -OCH3 is 1. The molecule has 1 aromatic heterocycles. The van der Waals surface area contributed by atoms with Crippen LogP contribution in [0.15, 0.2) is 33.5 Å². The Morgan fingerprint density at radius 1 is 1.28 bits per heavy atom. The van der Waals surface area contributed by atoms with E-state index in [4.69, 9.17) is 18.6 Å². The van der Waals surface area contributed by atoms with Gasteiger partial charge in [0.05, 0.1) is 6.61 Å². The number of unbranched alkanes of at least 4 members (excludes halogenated alkanes) is 1. The van der Waals surface area contributed by atoms with Gasteiger partial charge in [0, 0.05) is 7.11 Å². The van der Waals surface area contributed by atoms with Crippen LogP contribution in [0.1, 0.15) is 37.2 Å². The minimum atomic E-state index is -0.672. The first-order valence-electron chi connectivity index (χ1n) is 7.73. The van der Waals surface area contributed by atoms with E-state index in [0.29, 0.717) is 11.1 Å². The number of carbonyl (C=O) groups excluding carboxylic acids is 1. The predicted molar refractivity (Wildman–Crippen MR) is 91.2 cm³/mol. The molecule has 0 amide bonds. The second kappa shape index (κ2) is 12.6. The molecular weight excluding hydrogens is 319 g/mol. The number of fused-ring (bicyclic) bond motifs is 1. The summed E-state index contributed by atoms with van der Waals surface area (Å²) in [4.78, 5) is 23.6. The zero-order valence-corrected chi connectivity index (χ0v) is 15.3. The Balaban J connectivity index is 0.00000104. The van der Waals surface area contributed by atoms with Gasteiger partial charge < -0.3 is 25.6 Å². The van der Waals surface area contributed by atoms with Crippen molar-refractivity contribution in [3.63, 3.8) is 0 Å². The Labute approximate surface area is 159 Å². The number of ether oxygens (including phenoxy) is 3. The third kappa shape index (κ3) is 6.95. The molecular formula is C18H23LiO6. The second-order valence-corrected chi connectivity index (χ2v) is 4.74. The van der Waals surface area contributed by atoms with Crippen molar-refractivity contribution in [3.8, 4) is 5.75 Å². The van der Waals surface area contributed by atoms with Crippen LogP contribution in [-0.4, -0.2) is 26.5 Å². The van der Waals surface area contributed by atoms with E-state index in [2.05, 4.69) is 13.8 Å². The summed E-state index contributed by atoms with van der Waals surface area (Å²) in [6.45, 7) is 7.61. The molecule has 0 unspecified atom stereocenters. The molecule has 0 saturated heterocycles. The number of carbonyl (C=O) groups is 1. The van der Waals surface area contributed by atoms with Gasteiger partial charge in [-0.15, -0.1) is 0 Å². The Morgan fingerprint density at radius 3 is 2.52 bits per heavy atom. The number of esters is 1. The van der Waals surface area contributed by atoms with Crippen LogP contribution in [-0.2, 0) is 9.47 Å². The molecule has 1 heterocycles. The maximum Gasteiger partial charge on any atom is 1.00 e. The fourth-order valence-electron chi connectivity index (χ4n) is 1.75. The molecule has 7 heteroatoms. The van der Waals surface area contributed by atoms with Gasteiger partial charge in [0.2, 0.25) is 5.76 Å². The van der Waals surface area contributed by atoms with Crippen LogP contribution in [0.4, 0.5) is 0 Å². The van der Waals surface area contributed by atoms with E-state index in [1.807, 2.05) is 0 Å². The number of rotatable bonds is 6. The smallest absolute Gasteiger partial charge is 0.467 e. The molecule has 0 saturated carbocycles. The molecule has 2 rings (SSSR count). The van der Waals surface area contributed by atoms with Gasteiger partial charge in [-0.25, -0.2) is 9.59 Å². The largest absolute Gasteiger partial charge is 1.00 e. The standard InChI is InChI=1S/C14H14O6.C4H9.Li/c1-3-18-13(15)11-7-9-5-4-6-10(19-8-17-2)12(9)14(16)20-11;1-3-4-2;/h4-7H,3,8H2,1-2H3;1,3-4H2,2H3;/q;-1;+1. The summed E-state index contributed by atoms with van der Waals surface area (Å²) in [5.74, 6) is -0.462. The summed E-state index contributed by atoms with van der Waals surface area (Å²) in [6.07, 6.45) is 2.28.